The lowest BCUT2D eigenvalue weighted by molar-refractivity contribution is -0.149. The number of carboxylic acids is 1. The Morgan fingerprint density at radius 2 is 1.73 bits per heavy atom. The fourth-order valence-electron chi connectivity index (χ4n) is 6.98. The maximum Gasteiger partial charge on any atom is 0.306 e. The van der Waals surface area contributed by atoms with E-state index in [1.54, 1.807) is 48.5 Å². The topological polar surface area (TPSA) is 213 Å². The molecule has 3 rings (SSSR count). The van der Waals surface area contributed by atoms with Gasteiger partial charge in [-0.3, -0.25) is 33.7 Å². The molecule has 0 saturated carbocycles. The van der Waals surface area contributed by atoms with Gasteiger partial charge in [0.15, 0.2) is 6.10 Å². The smallest absolute Gasteiger partial charge is 0.306 e. The van der Waals surface area contributed by atoms with Gasteiger partial charge in [0.05, 0.1) is 18.0 Å². The van der Waals surface area contributed by atoms with Crippen LogP contribution in [0.3, 0.4) is 0 Å². The largest absolute Gasteiger partial charge is 0.481 e. The number of rotatable bonds is 20. The van der Waals surface area contributed by atoms with E-state index in [0.29, 0.717) is 30.0 Å². The van der Waals surface area contributed by atoms with Crippen LogP contribution < -0.4 is 21.7 Å². The van der Waals surface area contributed by atoms with Crippen molar-refractivity contribution in [2.45, 2.75) is 117 Å². The summed E-state index contributed by atoms with van der Waals surface area (Å²) in [6.45, 7) is 13.3. The molecule has 1 aliphatic rings. The monoisotopic (exact) mass is 799 g/mol. The van der Waals surface area contributed by atoms with Crippen LogP contribution in [0.1, 0.15) is 108 Å². The van der Waals surface area contributed by atoms with Gasteiger partial charge in [0.25, 0.3) is 5.91 Å². The number of carboxylic acid groups (broad SMARTS) is 1. The number of nitrogens with zero attached hydrogens (tertiary/aromatic N) is 3. The molecule has 0 bridgehead atoms. The average molecular weight is 800 g/mol. The zero-order valence-electron chi connectivity index (χ0n) is 34.2. The number of aromatic nitrogens is 1. The molecule has 2 aromatic rings. The van der Waals surface area contributed by atoms with Crippen LogP contribution in [0, 0.1) is 17.8 Å². The van der Waals surface area contributed by atoms with Crippen molar-refractivity contribution in [3.63, 3.8) is 0 Å². The van der Waals surface area contributed by atoms with E-state index in [-0.39, 0.29) is 54.6 Å². The van der Waals surface area contributed by atoms with Crippen molar-refractivity contribution in [3.05, 3.63) is 45.9 Å². The molecule has 310 valence electrons. The number of aliphatic carboxylic acids is 1. The molecule has 7 atom stereocenters. The third-order valence-corrected chi connectivity index (χ3v) is 11.9. The number of carbonyl (C=O) groups is 6. The molecular weight excluding hydrogens is 739 g/mol. The minimum atomic E-state index is -0.999. The predicted octanol–water partition coefficient (Wildman–Crippen LogP) is 3.98. The summed E-state index contributed by atoms with van der Waals surface area (Å²) in [4.78, 5) is 85.5. The quantitative estimate of drug-likeness (QED) is 0.121. The van der Waals surface area contributed by atoms with E-state index in [1.165, 1.54) is 6.92 Å². The molecule has 1 unspecified atom stereocenters. The Labute approximate surface area is 334 Å². The standard InChI is InChI=1S/C40H61N7O8S/c1-10-24(4)34(45-39(54)40(7)16-11-17-46(40)8)37(51)47(9)31(23(2)3)20-32(55-26(6)48)36-44-30(22-56-36)35(50)43-29(18-25(5)38(52)53)19-27-12-14-28(15-13-27)42-33(49)21-41/h12-15,22-25,29,31-32,34H,10-11,16-21,41H2,1-9H3,(H,42,49)(H,43,50)(H,45,54)(H,52,53)/t24?,25-,29+,31+,32+,34-,40+/m0/s1. The van der Waals surface area contributed by atoms with E-state index in [0.717, 1.165) is 29.9 Å². The predicted molar refractivity (Wildman–Crippen MR) is 215 cm³/mol. The lowest BCUT2D eigenvalue weighted by atomic mass is 9.91. The Morgan fingerprint density at radius 1 is 1.07 bits per heavy atom. The van der Waals surface area contributed by atoms with Crippen LogP contribution in [0.2, 0.25) is 0 Å². The number of anilines is 1. The van der Waals surface area contributed by atoms with Crippen molar-refractivity contribution in [1.29, 1.82) is 0 Å². The Kier molecular flexibility index (Phi) is 17.0. The molecule has 16 heteroatoms. The van der Waals surface area contributed by atoms with Crippen molar-refractivity contribution in [1.82, 2.24) is 25.4 Å². The van der Waals surface area contributed by atoms with E-state index >= 15 is 0 Å². The minimum Gasteiger partial charge on any atom is -0.481 e. The van der Waals surface area contributed by atoms with Crippen LogP contribution in [0.5, 0.6) is 0 Å². The fraction of sp³-hybridized carbons (Fsp3) is 0.625. The second-order valence-electron chi connectivity index (χ2n) is 15.6. The Balaban J connectivity index is 1.82. The van der Waals surface area contributed by atoms with Crippen molar-refractivity contribution in [2.75, 3.05) is 32.5 Å². The summed E-state index contributed by atoms with van der Waals surface area (Å²) in [5, 5.41) is 20.2. The molecular formula is C40H61N7O8S. The number of ether oxygens (including phenoxy) is 1. The van der Waals surface area contributed by atoms with Gasteiger partial charge in [0.2, 0.25) is 17.7 Å². The molecule has 0 spiro atoms. The summed E-state index contributed by atoms with van der Waals surface area (Å²) in [6.07, 6.45) is 2.03. The zero-order chi connectivity index (χ0) is 41.9. The summed E-state index contributed by atoms with van der Waals surface area (Å²) in [5.74, 6) is -3.82. The van der Waals surface area contributed by atoms with E-state index in [9.17, 15) is 33.9 Å². The fourth-order valence-corrected chi connectivity index (χ4v) is 7.82. The van der Waals surface area contributed by atoms with Crippen LogP contribution in [-0.4, -0.2) is 106 Å². The van der Waals surface area contributed by atoms with Crippen molar-refractivity contribution in [3.8, 4) is 0 Å². The van der Waals surface area contributed by atoms with Crippen molar-refractivity contribution < 1.29 is 38.6 Å². The number of nitrogens with one attached hydrogen (secondary N) is 3. The van der Waals surface area contributed by atoms with Gasteiger partial charge in [-0.25, -0.2) is 4.98 Å². The molecule has 1 saturated heterocycles. The molecule has 15 nitrogen and oxygen atoms in total. The maximum atomic E-state index is 14.2. The Bertz CT molecular complexity index is 1680. The van der Waals surface area contributed by atoms with Crippen LogP contribution in [-0.2, 0) is 35.1 Å². The number of hydrogen-bond acceptors (Lipinski definition) is 11. The average Bonchev–Trinajstić information content (AvgIpc) is 3.78. The van der Waals surface area contributed by atoms with E-state index < -0.39 is 53.5 Å². The summed E-state index contributed by atoms with van der Waals surface area (Å²) in [5.41, 5.74) is 6.11. The second kappa shape index (κ2) is 20.7. The maximum absolute atomic E-state index is 14.2. The number of esters is 1. The zero-order valence-corrected chi connectivity index (χ0v) is 35.0. The summed E-state index contributed by atoms with van der Waals surface area (Å²) < 4.78 is 5.77. The first kappa shape index (κ1) is 46.0. The Hall–Kier alpha value is -4.41. The minimum absolute atomic E-state index is 0.0745. The van der Waals surface area contributed by atoms with Gasteiger partial charge in [-0.1, -0.05) is 53.2 Å². The molecule has 1 fully saturated rings. The van der Waals surface area contributed by atoms with Gasteiger partial charge < -0.3 is 36.4 Å². The van der Waals surface area contributed by atoms with E-state index in [1.807, 2.05) is 46.6 Å². The molecule has 1 aromatic carbocycles. The highest BCUT2D eigenvalue weighted by Gasteiger charge is 2.44. The Morgan fingerprint density at radius 3 is 2.27 bits per heavy atom. The molecule has 1 aromatic heterocycles. The van der Waals surface area contributed by atoms with Gasteiger partial charge in [0, 0.05) is 43.5 Å². The summed E-state index contributed by atoms with van der Waals surface area (Å²) in [6, 6.07) is 5.19. The number of thiazole rings is 1. The van der Waals surface area contributed by atoms with Gasteiger partial charge in [-0.15, -0.1) is 11.3 Å². The SMILES string of the molecule is CCC(C)[C@H](NC(=O)[C@@]1(C)CCCN1C)C(=O)N(C)[C@H](C[C@@H](OC(C)=O)c1nc(C(=O)N[C@@H](Cc2ccc(NC(=O)CN)cc2)C[C@H](C)C(=O)O)cs1)C(C)C. The van der Waals surface area contributed by atoms with Crippen molar-refractivity contribution >= 4 is 52.6 Å². The molecule has 6 N–H and O–H groups in total. The van der Waals surface area contributed by atoms with E-state index in [4.69, 9.17) is 10.5 Å². The van der Waals surface area contributed by atoms with Crippen LogP contribution in [0.25, 0.3) is 0 Å². The summed E-state index contributed by atoms with van der Waals surface area (Å²) in [7, 11) is 3.62. The second-order valence-corrected chi connectivity index (χ2v) is 16.5. The normalized spacial score (nSPS) is 18.9. The van der Waals surface area contributed by atoms with Gasteiger partial charge in [-0.2, -0.15) is 0 Å². The highest BCUT2D eigenvalue weighted by Crippen LogP contribution is 2.32. The first-order valence-corrected chi connectivity index (χ1v) is 20.2. The molecule has 56 heavy (non-hydrogen) atoms. The third-order valence-electron chi connectivity index (χ3n) is 11.0. The van der Waals surface area contributed by atoms with Crippen LogP contribution in [0.15, 0.2) is 29.6 Å². The summed E-state index contributed by atoms with van der Waals surface area (Å²) >= 11 is 1.15. The van der Waals surface area contributed by atoms with Gasteiger partial charge in [-0.05, 0) is 75.7 Å². The van der Waals surface area contributed by atoms with E-state index in [2.05, 4.69) is 20.9 Å². The number of likely N-dealkylation sites (tertiary alicyclic amines) is 1. The van der Waals surface area contributed by atoms with Crippen LogP contribution in [0.4, 0.5) is 5.69 Å². The highest BCUT2D eigenvalue weighted by molar-refractivity contribution is 7.09. The molecule has 1 aliphatic heterocycles. The third kappa shape index (κ3) is 12.3. The number of nitrogens with two attached hydrogens (primary N) is 1. The number of carbonyl (C=O) groups excluding carboxylic acids is 5. The number of amides is 4. The lowest BCUT2D eigenvalue weighted by Crippen LogP contribution is -2.60. The molecule has 0 aliphatic carbocycles. The highest BCUT2D eigenvalue weighted by atomic mass is 32.1. The molecule has 0 radical (unpaired) electrons. The first-order chi connectivity index (χ1) is 26.3. The molecule has 4 amide bonds. The molecule has 2 heterocycles. The van der Waals surface area contributed by atoms with Gasteiger partial charge >= 0.3 is 11.9 Å². The van der Waals surface area contributed by atoms with Crippen molar-refractivity contribution in [2.24, 2.45) is 23.5 Å². The number of benzene rings is 1. The van der Waals surface area contributed by atoms with Gasteiger partial charge in [0.1, 0.15) is 16.7 Å². The number of hydrogen-bond donors (Lipinski definition) is 5. The van der Waals surface area contributed by atoms with Crippen LogP contribution >= 0.6 is 11.3 Å². The number of likely N-dealkylation sites (N-methyl/N-ethyl adjacent to an activating group) is 2. The first-order valence-electron chi connectivity index (χ1n) is 19.3. The lowest BCUT2D eigenvalue weighted by Gasteiger charge is -2.38.